The third kappa shape index (κ3) is 2.72. The van der Waals surface area contributed by atoms with E-state index in [1.54, 1.807) is 0 Å². The third-order valence-corrected chi connectivity index (χ3v) is 6.22. The molecule has 2 aliphatic heterocycles. The molecule has 2 heterocycles. The second kappa shape index (κ2) is 6.12. The lowest BCUT2D eigenvalue weighted by molar-refractivity contribution is 0.0579. The summed E-state index contributed by atoms with van der Waals surface area (Å²) in [6.45, 7) is 5.65. The highest BCUT2D eigenvalue weighted by Gasteiger charge is 2.46. The van der Waals surface area contributed by atoms with Crippen molar-refractivity contribution in [1.82, 2.24) is 9.80 Å². The van der Waals surface area contributed by atoms with Gasteiger partial charge >= 0.3 is 0 Å². The number of likely N-dealkylation sites (tertiary alicyclic amines) is 1. The predicted molar refractivity (Wildman–Crippen MR) is 81.2 cm³/mol. The van der Waals surface area contributed by atoms with Crippen LogP contribution in [-0.2, 0) is 0 Å². The number of nitrogens with zero attached hydrogens (tertiary/aromatic N) is 2. The Balaban J connectivity index is 2.14. The van der Waals surface area contributed by atoms with Gasteiger partial charge in [0.2, 0.25) is 0 Å². The van der Waals surface area contributed by atoms with Crippen LogP contribution in [0, 0.1) is 0 Å². The molecule has 3 nitrogen and oxygen atoms in total. The normalized spacial score (nSPS) is 38.5. The quantitative estimate of drug-likeness (QED) is 0.842. The Morgan fingerprint density at radius 2 is 2.17 bits per heavy atom. The molecule has 2 saturated heterocycles. The maximum atomic E-state index is 6.23. The number of rotatable bonds is 4. The molecule has 0 amide bonds. The standard InChI is InChI=1S/C14H29N3S/c1-12-14(11-15,7-5-9-18-12)17-8-4-6-13(17)10-16(2)3/h12-13H,4-11,15H2,1-3H3. The minimum Gasteiger partial charge on any atom is -0.329 e. The maximum absolute atomic E-state index is 6.23. The van der Waals surface area contributed by atoms with Crippen LogP contribution in [0.2, 0.25) is 0 Å². The lowest BCUT2D eigenvalue weighted by Crippen LogP contribution is -2.63. The minimum atomic E-state index is 0.264. The third-order valence-electron chi connectivity index (χ3n) is 4.76. The Morgan fingerprint density at radius 3 is 2.78 bits per heavy atom. The summed E-state index contributed by atoms with van der Waals surface area (Å²) in [6, 6.07) is 0.713. The van der Waals surface area contributed by atoms with Crippen molar-refractivity contribution in [2.45, 2.75) is 49.4 Å². The van der Waals surface area contributed by atoms with E-state index in [0.717, 1.165) is 6.54 Å². The Bertz CT molecular complexity index is 272. The average Bonchev–Trinajstić information content (AvgIpc) is 2.78. The van der Waals surface area contributed by atoms with Crippen molar-refractivity contribution in [3.63, 3.8) is 0 Å². The van der Waals surface area contributed by atoms with E-state index in [9.17, 15) is 0 Å². The van der Waals surface area contributed by atoms with Crippen LogP contribution >= 0.6 is 11.8 Å². The molecule has 0 saturated carbocycles. The smallest absolute Gasteiger partial charge is 0.0451 e. The first-order valence-electron chi connectivity index (χ1n) is 7.33. The number of thioether (sulfide) groups is 1. The van der Waals surface area contributed by atoms with E-state index in [0.29, 0.717) is 11.3 Å². The molecular weight excluding hydrogens is 242 g/mol. The van der Waals surface area contributed by atoms with Gasteiger partial charge in [-0.15, -0.1) is 0 Å². The largest absolute Gasteiger partial charge is 0.329 e. The van der Waals surface area contributed by atoms with Crippen molar-refractivity contribution in [3.8, 4) is 0 Å². The van der Waals surface area contributed by atoms with E-state index in [1.807, 2.05) is 0 Å². The predicted octanol–water partition coefficient (Wildman–Crippen LogP) is 1.63. The molecule has 106 valence electrons. The highest BCUT2D eigenvalue weighted by atomic mass is 32.2. The number of hydrogen-bond donors (Lipinski definition) is 1. The molecule has 18 heavy (non-hydrogen) atoms. The van der Waals surface area contributed by atoms with Crippen molar-refractivity contribution in [2.75, 3.05) is 39.5 Å². The molecule has 0 spiro atoms. The van der Waals surface area contributed by atoms with Gasteiger partial charge in [-0.3, -0.25) is 4.90 Å². The Kier molecular flexibility index (Phi) is 4.98. The van der Waals surface area contributed by atoms with Gasteiger partial charge in [0.15, 0.2) is 0 Å². The highest BCUT2D eigenvalue weighted by molar-refractivity contribution is 8.00. The van der Waals surface area contributed by atoms with E-state index >= 15 is 0 Å². The summed E-state index contributed by atoms with van der Waals surface area (Å²) in [4.78, 5) is 5.09. The van der Waals surface area contributed by atoms with Gasteiger partial charge in [-0.25, -0.2) is 0 Å². The summed E-state index contributed by atoms with van der Waals surface area (Å²) in [5.41, 5.74) is 6.50. The molecule has 2 N–H and O–H groups in total. The second-order valence-corrected chi connectivity index (χ2v) is 7.62. The molecule has 4 heteroatoms. The summed E-state index contributed by atoms with van der Waals surface area (Å²) in [5.74, 6) is 1.31. The average molecular weight is 271 g/mol. The van der Waals surface area contributed by atoms with E-state index in [4.69, 9.17) is 5.73 Å². The van der Waals surface area contributed by atoms with Crippen LogP contribution in [0.5, 0.6) is 0 Å². The van der Waals surface area contributed by atoms with Crippen LogP contribution in [0.1, 0.15) is 32.6 Å². The zero-order valence-electron chi connectivity index (χ0n) is 12.2. The van der Waals surface area contributed by atoms with Crippen molar-refractivity contribution in [3.05, 3.63) is 0 Å². The molecule has 0 aromatic heterocycles. The fraction of sp³-hybridized carbons (Fsp3) is 1.00. The Hall–Kier alpha value is 0.230. The highest BCUT2D eigenvalue weighted by Crippen LogP contribution is 2.41. The van der Waals surface area contributed by atoms with E-state index in [1.165, 1.54) is 44.5 Å². The molecule has 3 atom stereocenters. The molecule has 2 aliphatic rings. The molecule has 0 aromatic carbocycles. The summed E-state index contributed by atoms with van der Waals surface area (Å²) in [5, 5.41) is 0.680. The molecule has 0 bridgehead atoms. The van der Waals surface area contributed by atoms with Gasteiger partial charge in [-0.2, -0.15) is 11.8 Å². The van der Waals surface area contributed by atoms with Crippen molar-refractivity contribution < 1.29 is 0 Å². The molecule has 0 aliphatic carbocycles. The molecule has 2 fully saturated rings. The second-order valence-electron chi connectivity index (χ2n) is 6.18. The minimum absolute atomic E-state index is 0.264. The van der Waals surface area contributed by atoms with Gasteiger partial charge in [-0.05, 0) is 52.1 Å². The van der Waals surface area contributed by atoms with Crippen LogP contribution in [-0.4, -0.2) is 66.1 Å². The molecule has 0 radical (unpaired) electrons. The molecular formula is C14H29N3S. The molecule has 3 unspecified atom stereocenters. The summed E-state index contributed by atoms with van der Waals surface area (Å²) < 4.78 is 0. The molecule has 2 rings (SSSR count). The zero-order valence-corrected chi connectivity index (χ0v) is 13.0. The first-order valence-corrected chi connectivity index (χ1v) is 8.38. The fourth-order valence-electron chi connectivity index (χ4n) is 3.79. The number of likely N-dealkylation sites (N-methyl/N-ethyl adjacent to an activating group) is 1. The summed E-state index contributed by atoms with van der Waals surface area (Å²) in [7, 11) is 4.37. The van der Waals surface area contributed by atoms with Crippen LogP contribution in [0.15, 0.2) is 0 Å². The van der Waals surface area contributed by atoms with E-state index < -0.39 is 0 Å². The molecule has 0 aromatic rings. The topological polar surface area (TPSA) is 32.5 Å². The lowest BCUT2D eigenvalue weighted by atomic mass is 9.86. The van der Waals surface area contributed by atoms with Crippen LogP contribution in [0.3, 0.4) is 0 Å². The van der Waals surface area contributed by atoms with Crippen LogP contribution < -0.4 is 5.73 Å². The summed E-state index contributed by atoms with van der Waals surface area (Å²) in [6.07, 6.45) is 5.31. The van der Waals surface area contributed by atoms with E-state index in [2.05, 4.69) is 42.6 Å². The van der Waals surface area contributed by atoms with Crippen molar-refractivity contribution in [2.24, 2.45) is 5.73 Å². The monoisotopic (exact) mass is 271 g/mol. The SMILES string of the molecule is CC1SCCCC1(CN)N1CCCC1CN(C)C. The van der Waals surface area contributed by atoms with Gasteiger partial charge in [0, 0.05) is 29.9 Å². The van der Waals surface area contributed by atoms with Gasteiger partial charge in [0.1, 0.15) is 0 Å². The number of hydrogen-bond acceptors (Lipinski definition) is 4. The first kappa shape index (κ1) is 14.6. The maximum Gasteiger partial charge on any atom is 0.0451 e. The first-order chi connectivity index (χ1) is 8.60. The number of nitrogens with two attached hydrogens (primary N) is 1. The Morgan fingerprint density at radius 1 is 1.39 bits per heavy atom. The van der Waals surface area contributed by atoms with Crippen molar-refractivity contribution >= 4 is 11.8 Å². The van der Waals surface area contributed by atoms with Gasteiger partial charge in [0.25, 0.3) is 0 Å². The zero-order chi connectivity index (χ0) is 13.2. The van der Waals surface area contributed by atoms with Gasteiger partial charge < -0.3 is 10.6 Å². The van der Waals surface area contributed by atoms with Crippen LogP contribution in [0.25, 0.3) is 0 Å². The summed E-state index contributed by atoms with van der Waals surface area (Å²) >= 11 is 2.12. The van der Waals surface area contributed by atoms with Crippen LogP contribution in [0.4, 0.5) is 0 Å². The van der Waals surface area contributed by atoms with Crippen molar-refractivity contribution in [1.29, 1.82) is 0 Å². The lowest BCUT2D eigenvalue weighted by Gasteiger charge is -2.50. The fourth-order valence-corrected chi connectivity index (χ4v) is 5.12. The van der Waals surface area contributed by atoms with Gasteiger partial charge in [-0.1, -0.05) is 6.92 Å². The van der Waals surface area contributed by atoms with E-state index in [-0.39, 0.29) is 5.54 Å². The Labute approximate surface area is 116 Å². The van der Waals surface area contributed by atoms with Gasteiger partial charge in [0.05, 0.1) is 0 Å².